The summed E-state index contributed by atoms with van der Waals surface area (Å²) in [6, 6.07) is 0. The standard InChI is InChI=1S/C11H19ClO/c1-8-5-6-11(4,9(13)7-12)10(8,2)3/h8H,5-7H2,1-4H3/t8-,11+/m1/s1. The molecule has 0 aromatic heterocycles. The maximum Gasteiger partial charge on any atom is 0.153 e. The van der Waals surface area contributed by atoms with Gasteiger partial charge >= 0.3 is 0 Å². The summed E-state index contributed by atoms with van der Waals surface area (Å²) < 4.78 is 0. The minimum Gasteiger partial charge on any atom is -0.298 e. The Morgan fingerprint density at radius 1 is 1.46 bits per heavy atom. The second-order valence-electron chi connectivity index (χ2n) is 5.05. The Morgan fingerprint density at radius 2 is 2.00 bits per heavy atom. The molecular weight excluding hydrogens is 184 g/mol. The van der Waals surface area contributed by atoms with Gasteiger partial charge in [-0.15, -0.1) is 11.6 Å². The molecule has 0 saturated heterocycles. The van der Waals surface area contributed by atoms with Crippen LogP contribution in [0.1, 0.15) is 40.5 Å². The van der Waals surface area contributed by atoms with Gasteiger partial charge in [-0.25, -0.2) is 0 Å². The Hall–Kier alpha value is -0.0400. The van der Waals surface area contributed by atoms with Crippen molar-refractivity contribution in [1.82, 2.24) is 0 Å². The third-order valence-corrected chi connectivity index (χ3v) is 4.71. The summed E-state index contributed by atoms with van der Waals surface area (Å²) in [6.07, 6.45) is 2.14. The number of Topliss-reactive ketones (excluding diaryl/α,β-unsaturated/α-hetero) is 1. The Morgan fingerprint density at radius 3 is 2.31 bits per heavy atom. The van der Waals surface area contributed by atoms with Gasteiger partial charge in [-0.2, -0.15) is 0 Å². The third-order valence-electron chi connectivity index (χ3n) is 4.47. The third kappa shape index (κ3) is 1.41. The molecule has 0 spiro atoms. The second kappa shape index (κ2) is 3.27. The van der Waals surface area contributed by atoms with Crippen LogP contribution in [0.25, 0.3) is 0 Å². The number of hydrogen-bond acceptors (Lipinski definition) is 1. The summed E-state index contributed by atoms with van der Waals surface area (Å²) in [5.74, 6) is 0.986. The van der Waals surface area contributed by atoms with E-state index in [2.05, 4.69) is 27.7 Å². The van der Waals surface area contributed by atoms with Crippen LogP contribution in [-0.4, -0.2) is 11.7 Å². The zero-order chi connectivity index (χ0) is 10.3. The Labute approximate surface area is 85.8 Å². The zero-order valence-corrected chi connectivity index (χ0v) is 9.74. The van der Waals surface area contributed by atoms with Gasteiger partial charge in [0.25, 0.3) is 0 Å². The Bertz CT molecular complexity index is 222. The maximum absolute atomic E-state index is 11.8. The highest BCUT2D eigenvalue weighted by atomic mass is 35.5. The van der Waals surface area contributed by atoms with Gasteiger partial charge in [-0.05, 0) is 24.2 Å². The van der Waals surface area contributed by atoms with Crippen LogP contribution in [0.3, 0.4) is 0 Å². The summed E-state index contributed by atoms with van der Waals surface area (Å²) in [7, 11) is 0. The molecule has 0 amide bonds. The van der Waals surface area contributed by atoms with E-state index in [9.17, 15) is 4.79 Å². The average molecular weight is 203 g/mol. The molecule has 0 aromatic carbocycles. The van der Waals surface area contributed by atoms with E-state index in [1.54, 1.807) is 0 Å². The summed E-state index contributed by atoms with van der Waals surface area (Å²) in [6.45, 7) is 8.68. The molecule has 0 aromatic rings. The first-order valence-electron chi connectivity index (χ1n) is 4.95. The normalized spacial score (nSPS) is 37.8. The van der Waals surface area contributed by atoms with Crippen LogP contribution in [-0.2, 0) is 4.79 Å². The minimum atomic E-state index is -0.200. The molecule has 2 heteroatoms. The molecule has 76 valence electrons. The van der Waals surface area contributed by atoms with Crippen LogP contribution in [0, 0.1) is 16.7 Å². The first-order valence-corrected chi connectivity index (χ1v) is 5.49. The molecular formula is C11H19ClO. The molecule has 0 bridgehead atoms. The van der Waals surface area contributed by atoms with Gasteiger partial charge in [0.15, 0.2) is 5.78 Å². The zero-order valence-electron chi connectivity index (χ0n) is 8.98. The molecule has 1 aliphatic rings. The van der Waals surface area contributed by atoms with E-state index in [0.29, 0.717) is 5.92 Å². The van der Waals surface area contributed by atoms with Gasteiger partial charge < -0.3 is 0 Å². The van der Waals surface area contributed by atoms with Crippen LogP contribution in [0.5, 0.6) is 0 Å². The van der Waals surface area contributed by atoms with E-state index in [1.165, 1.54) is 0 Å². The first kappa shape index (κ1) is 11.0. The maximum atomic E-state index is 11.8. The molecule has 1 saturated carbocycles. The van der Waals surface area contributed by atoms with Gasteiger partial charge in [0.2, 0.25) is 0 Å². The van der Waals surface area contributed by atoms with Gasteiger partial charge in [-0.1, -0.05) is 27.7 Å². The fourth-order valence-electron chi connectivity index (χ4n) is 2.38. The average Bonchev–Trinajstić information content (AvgIpc) is 2.29. The number of carbonyl (C=O) groups excluding carboxylic acids is 1. The van der Waals surface area contributed by atoms with Gasteiger partial charge in [0.05, 0.1) is 5.88 Å². The van der Waals surface area contributed by atoms with Crippen LogP contribution < -0.4 is 0 Å². The molecule has 1 aliphatic carbocycles. The van der Waals surface area contributed by atoms with E-state index in [-0.39, 0.29) is 22.5 Å². The Kier molecular flexibility index (Phi) is 2.78. The SMILES string of the molecule is C[C@@H]1CC[C@@](C)(C(=O)CCl)C1(C)C. The van der Waals surface area contributed by atoms with E-state index < -0.39 is 0 Å². The van der Waals surface area contributed by atoms with Crippen LogP contribution >= 0.6 is 11.6 Å². The lowest BCUT2D eigenvalue weighted by molar-refractivity contribution is -0.130. The largest absolute Gasteiger partial charge is 0.298 e. The van der Waals surface area contributed by atoms with Crippen molar-refractivity contribution in [1.29, 1.82) is 0 Å². The number of carbonyl (C=O) groups is 1. The first-order chi connectivity index (χ1) is 5.86. The summed E-state index contributed by atoms with van der Waals surface area (Å²) >= 11 is 5.65. The van der Waals surface area contributed by atoms with Crippen LogP contribution in [0.2, 0.25) is 0 Å². The summed E-state index contributed by atoms with van der Waals surface area (Å²) in [5.41, 5.74) is -0.104. The van der Waals surface area contributed by atoms with Crippen molar-refractivity contribution in [3.8, 4) is 0 Å². The molecule has 0 radical (unpaired) electrons. The highest BCUT2D eigenvalue weighted by Gasteiger charge is 2.53. The summed E-state index contributed by atoms with van der Waals surface area (Å²) in [4.78, 5) is 11.8. The Balaban J connectivity index is 2.98. The molecule has 0 heterocycles. The molecule has 13 heavy (non-hydrogen) atoms. The van der Waals surface area contributed by atoms with E-state index in [0.717, 1.165) is 12.8 Å². The van der Waals surface area contributed by atoms with Gasteiger partial charge in [0, 0.05) is 5.41 Å². The fraction of sp³-hybridized carbons (Fsp3) is 0.909. The predicted molar refractivity (Wildman–Crippen MR) is 56.0 cm³/mol. The van der Waals surface area contributed by atoms with Crippen molar-refractivity contribution in [3.05, 3.63) is 0 Å². The lowest BCUT2D eigenvalue weighted by atomic mass is 9.64. The smallest absolute Gasteiger partial charge is 0.153 e. The number of alkyl halides is 1. The van der Waals surface area contributed by atoms with E-state index >= 15 is 0 Å². The van der Waals surface area contributed by atoms with Crippen LogP contribution in [0.15, 0.2) is 0 Å². The van der Waals surface area contributed by atoms with Crippen molar-refractivity contribution in [2.75, 3.05) is 5.88 Å². The van der Waals surface area contributed by atoms with Crippen molar-refractivity contribution in [2.45, 2.75) is 40.5 Å². The highest BCUT2D eigenvalue weighted by molar-refractivity contribution is 6.28. The lowest BCUT2D eigenvalue weighted by Gasteiger charge is -2.39. The molecule has 0 unspecified atom stereocenters. The van der Waals surface area contributed by atoms with Crippen molar-refractivity contribution >= 4 is 17.4 Å². The van der Waals surface area contributed by atoms with Crippen molar-refractivity contribution < 1.29 is 4.79 Å². The van der Waals surface area contributed by atoms with Crippen molar-refractivity contribution in [2.24, 2.45) is 16.7 Å². The second-order valence-corrected chi connectivity index (χ2v) is 5.32. The topological polar surface area (TPSA) is 17.1 Å². The van der Waals surface area contributed by atoms with Crippen LogP contribution in [0.4, 0.5) is 0 Å². The number of rotatable bonds is 2. The van der Waals surface area contributed by atoms with E-state index in [1.807, 2.05) is 0 Å². The molecule has 0 N–H and O–H groups in total. The molecule has 2 atom stereocenters. The number of halogens is 1. The fourth-order valence-corrected chi connectivity index (χ4v) is 2.67. The summed E-state index contributed by atoms with van der Waals surface area (Å²) in [5, 5.41) is 0. The minimum absolute atomic E-state index is 0.0962. The quantitative estimate of drug-likeness (QED) is 0.629. The van der Waals surface area contributed by atoms with Crippen molar-refractivity contribution in [3.63, 3.8) is 0 Å². The van der Waals surface area contributed by atoms with Gasteiger partial charge in [-0.3, -0.25) is 4.79 Å². The number of hydrogen-bond donors (Lipinski definition) is 0. The number of ketones is 1. The molecule has 1 nitrogen and oxygen atoms in total. The van der Waals surface area contributed by atoms with Gasteiger partial charge in [0.1, 0.15) is 0 Å². The molecule has 1 rings (SSSR count). The van der Waals surface area contributed by atoms with E-state index in [4.69, 9.17) is 11.6 Å². The molecule has 0 aliphatic heterocycles. The lowest BCUT2D eigenvalue weighted by Crippen LogP contribution is -2.40. The molecule has 1 fully saturated rings. The highest BCUT2D eigenvalue weighted by Crippen LogP contribution is 2.56. The monoisotopic (exact) mass is 202 g/mol. The predicted octanol–water partition coefficient (Wildman–Crippen LogP) is 3.26.